The number of benzene rings is 1. The molecule has 5 nitrogen and oxygen atoms in total. The van der Waals surface area contributed by atoms with Crippen LogP contribution < -0.4 is 0 Å². The van der Waals surface area contributed by atoms with Gasteiger partial charge in [-0.2, -0.15) is 4.98 Å². The van der Waals surface area contributed by atoms with Crippen LogP contribution in [0, 0.1) is 0 Å². The van der Waals surface area contributed by atoms with Gasteiger partial charge in [-0.3, -0.25) is 4.79 Å². The number of halogens is 2. The van der Waals surface area contributed by atoms with Crippen molar-refractivity contribution in [2.24, 2.45) is 0 Å². The van der Waals surface area contributed by atoms with Crippen LogP contribution in [-0.2, 0) is 14.9 Å². The molecule has 1 heterocycles. The molecule has 0 saturated carbocycles. The topological polar surface area (TPSA) is 65.2 Å². The Morgan fingerprint density at radius 1 is 1.33 bits per heavy atom. The minimum absolute atomic E-state index is 0.182. The Morgan fingerprint density at radius 2 is 2.05 bits per heavy atom. The van der Waals surface area contributed by atoms with Crippen molar-refractivity contribution in [2.45, 2.75) is 26.2 Å². The van der Waals surface area contributed by atoms with Gasteiger partial charge in [-0.1, -0.05) is 28.4 Å². The van der Waals surface area contributed by atoms with Gasteiger partial charge in [0.25, 0.3) is 0 Å². The predicted molar refractivity (Wildman–Crippen MR) is 79.4 cm³/mol. The number of carbonyl (C=O) groups is 1. The van der Waals surface area contributed by atoms with Gasteiger partial charge in [-0.15, -0.1) is 0 Å². The zero-order valence-corrected chi connectivity index (χ0v) is 13.3. The fraction of sp³-hybridized carbons (Fsp3) is 0.357. The van der Waals surface area contributed by atoms with E-state index in [0.29, 0.717) is 21.4 Å². The molecule has 2 aromatic rings. The Bertz CT molecular complexity index is 668. The predicted octanol–water partition coefficient (Wildman–Crippen LogP) is 3.88. The van der Waals surface area contributed by atoms with E-state index in [1.54, 1.807) is 39.0 Å². The van der Waals surface area contributed by atoms with Crippen LogP contribution in [0.5, 0.6) is 0 Å². The number of carbonyl (C=O) groups excluding carboxylic acids is 1. The normalized spacial score (nSPS) is 11.5. The van der Waals surface area contributed by atoms with Crippen LogP contribution in [0.3, 0.4) is 0 Å². The fourth-order valence-corrected chi connectivity index (χ4v) is 1.93. The Balaban J connectivity index is 2.33. The summed E-state index contributed by atoms with van der Waals surface area (Å²) in [4.78, 5) is 16.2. The third-order valence-corrected chi connectivity index (χ3v) is 3.66. The van der Waals surface area contributed by atoms with Crippen LogP contribution in [0.25, 0.3) is 11.4 Å². The standard InChI is InChI=1S/C14H14Cl2N2O3/c1-4-20-13(19)14(2,3)12-17-11(18-21-12)8-5-6-9(15)10(16)7-8/h5-7H,4H2,1-3H3. The number of nitrogens with zero attached hydrogens (tertiary/aromatic N) is 2. The summed E-state index contributed by atoms with van der Waals surface area (Å²) in [6.45, 7) is 5.35. The lowest BCUT2D eigenvalue weighted by atomic mass is 9.94. The highest BCUT2D eigenvalue weighted by Crippen LogP contribution is 2.29. The molecule has 1 aromatic carbocycles. The molecular formula is C14H14Cl2N2O3. The van der Waals surface area contributed by atoms with E-state index < -0.39 is 11.4 Å². The molecule has 0 N–H and O–H groups in total. The van der Waals surface area contributed by atoms with Crippen molar-refractivity contribution >= 4 is 29.2 Å². The molecule has 0 aliphatic heterocycles. The van der Waals surface area contributed by atoms with E-state index in [0.717, 1.165) is 0 Å². The fourth-order valence-electron chi connectivity index (χ4n) is 1.63. The maximum Gasteiger partial charge on any atom is 0.321 e. The summed E-state index contributed by atoms with van der Waals surface area (Å²) in [6, 6.07) is 5.00. The first-order valence-corrected chi connectivity index (χ1v) is 7.08. The minimum Gasteiger partial charge on any atom is -0.465 e. The minimum atomic E-state index is -1.02. The monoisotopic (exact) mass is 328 g/mol. The number of hydrogen-bond donors (Lipinski definition) is 0. The van der Waals surface area contributed by atoms with E-state index in [1.807, 2.05) is 0 Å². The van der Waals surface area contributed by atoms with Crippen LogP contribution in [0.15, 0.2) is 22.7 Å². The second-order valence-corrected chi connectivity index (χ2v) is 5.71. The lowest BCUT2D eigenvalue weighted by molar-refractivity contribution is -0.149. The lowest BCUT2D eigenvalue weighted by Gasteiger charge is -2.16. The van der Waals surface area contributed by atoms with Crippen molar-refractivity contribution in [1.29, 1.82) is 0 Å². The molecule has 0 atom stereocenters. The Kier molecular flexibility index (Phi) is 4.54. The Morgan fingerprint density at radius 3 is 2.67 bits per heavy atom. The van der Waals surface area contributed by atoms with Gasteiger partial charge in [0.05, 0.1) is 16.7 Å². The second kappa shape index (κ2) is 6.03. The van der Waals surface area contributed by atoms with Crippen molar-refractivity contribution in [1.82, 2.24) is 10.1 Å². The largest absolute Gasteiger partial charge is 0.465 e. The van der Waals surface area contributed by atoms with Crippen molar-refractivity contribution in [2.75, 3.05) is 6.61 Å². The summed E-state index contributed by atoms with van der Waals surface area (Å²) >= 11 is 11.8. The smallest absolute Gasteiger partial charge is 0.321 e. The maximum absolute atomic E-state index is 11.9. The summed E-state index contributed by atoms with van der Waals surface area (Å²) in [5.41, 5.74) is -0.364. The summed E-state index contributed by atoms with van der Waals surface area (Å²) in [7, 11) is 0. The van der Waals surface area contributed by atoms with Crippen molar-refractivity contribution in [3.05, 3.63) is 34.1 Å². The average molecular weight is 329 g/mol. The molecule has 2 rings (SSSR count). The molecule has 7 heteroatoms. The number of aromatic nitrogens is 2. The van der Waals surface area contributed by atoms with Crippen LogP contribution in [-0.4, -0.2) is 22.7 Å². The third kappa shape index (κ3) is 3.19. The van der Waals surface area contributed by atoms with E-state index in [1.165, 1.54) is 0 Å². The van der Waals surface area contributed by atoms with Crippen molar-refractivity contribution in [3.63, 3.8) is 0 Å². The van der Waals surface area contributed by atoms with E-state index >= 15 is 0 Å². The van der Waals surface area contributed by atoms with E-state index in [-0.39, 0.29) is 12.5 Å². The van der Waals surface area contributed by atoms with E-state index in [2.05, 4.69) is 10.1 Å². The van der Waals surface area contributed by atoms with E-state index in [4.69, 9.17) is 32.5 Å². The van der Waals surface area contributed by atoms with Gasteiger partial charge in [0.2, 0.25) is 11.7 Å². The van der Waals surface area contributed by atoms with Gasteiger partial charge >= 0.3 is 5.97 Å². The van der Waals surface area contributed by atoms with Gasteiger partial charge in [-0.05, 0) is 39.0 Å². The number of rotatable bonds is 4. The molecule has 0 amide bonds. The highest BCUT2D eigenvalue weighted by Gasteiger charge is 2.37. The Hall–Kier alpha value is -1.59. The van der Waals surface area contributed by atoms with Gasteiger partial charge in [0.1, 0.15) is 5.41 Å². The molecule has 0 aliphatic carbocycles. The zero-order chi connectivity index (χ0) is 15.6. The molecule has 0 unspecified atom stereocenters. The van der Waals surface area contributed by atoms with Crippen LogP contribution in [0.4, 0.5) is 0 Å². The number of hydrogen-bond acceptors (Lipinski definition) is 5. The van der Waals surface area contributed by atoms with Gasteiger partial charge in [0, 0.05) is 5.56 Å². The van der Waals surface area contributed by atoms with Gasteiger partial charge < -0.3 is 9.26 Å². The summed E-state index contributed by atoms with van der Waals surface area (Å²) in [5, 5.41) is 4.70. The van der Waals surface area contributed by atoms with Gasteiger partial charge in [0.15, 0.2) is 0 Å². The Labute approximate surface area is 132 Å². The number of esters is 1. The molecular weight excluding hydrogens is 315 g/mol. The molecule has 0 radical (unpaired) electrons. The van der Waals surface area contributed by atoms with Crippen molar-refractivity contribution in [3.8, 4) is 11.4 Å². The average Bonchev–Trinajstić information content (AvgIpc) is 2.92. The first kappa shape index (κ1) is 15.8. The molecule has 0 aliphatic rings. The first-order valence-electron chi connectivity index (χ1n) is 6.33. The van der Waals surface area contributed by atoms with Crippen molar-refractivity contribution < 1.29 is 14.1 Å². The van der Waals surface area contributed by atoms with Crippen LogP contribution >= 0.6 is 23.2 Å². The van der Waals surface area contributed by atoms with E-state index in [9.17, 15) is 4.79 Å². The van der Waals surface area contributed by atoms with Gasteiger partial charge in [-0.25, -0.2) is 0 Å². The first-order chi connectivity index (χ1) is 9.86. The molecule has 0 bridgehead atoms. The van der Waals surface area contributed by atoms with Crippen LogP contribution in [0.2, 0.25) is 10.0 Å². The molecule has 112 valence electrons. The second-order valence-electron chi connectivity index (χ2n) is 4.90. The number of ether oxygens (including phenoxy) is 1. The molecule has 1 aromatic heterocycles. The zero-order valence-electron chi connectivity index (χ0n) is 11.8. The van der Waals surface area contributed by atoms with Crippen LogP contribution in [0.1, 0.15) is 26.7 Å². The summed E-state index contributed by atoms with van der Waals surface area (Å²) < 4.78 is 10.2. The summed E-state index contributed by atoms with van der Waals surface area (Å²) in [5.74, 6) is 0.0947. The third-order valence-electron chi connectivity index (χ3n) is 2.92. The highest BCUT2D eigenvalue weighted by atomic mass is 35.5. The molecule has 0 fully saturated rings. The quantitative estimate of drug-likeness (QED) is 0.796. The SMILES string of the molecule is CCOC(=O)C(C)(C)c1nc(-c2ccc(Cl)c(Cl)c2)no1. The molecule has 21 heavy (non-hydrogen) atoms. The summed E-state index contributed by atoms with van der Waals surface area (Å²) in [6.07, 6.45) is 0. The molecule has 0 spiro atoms. The molecule has 0 saturated heterocycles. The highest BCUT2D eigenvalue weighted by molar-refractivity contribution is 6.42. The maximum atomic E-state index is 11.9. The lowest BCUT2D eigenvalue weighted by Crippen LogP contribution is -2.31.